The molecule has 4 nitrogen and oxygen atoms in total. The van der Waals surface area contributed by atoms with Crippen LogP contribution in [0.1, 0.15) is 38.6 Å². The summed E-state index contributed by atoms with van der Waals surface area (Å²) in [4.78, 5) is 16.3. The number of rotatable bonds is 4. The highest BCUT2D eigenvalue weighted by Crippen LogP contribution is 2.38. The van der Waals surface area contributed by atoms with E-state index in [-0.39, 0.29) is 11.8 Å². The number of nitrogens with zero attached hydrogens (tertiary/aromatic N) is 2. The molecule has 1 aromatic heterocycles. The van der Waals surface area contributed by atoms with Crippen LogP contribution in [0, 0.1) is 5.92 Å². The fourth-order valence-electron chi connectivity index (χ4n) is 2.33. The van der Waals surface area contributed by atoms with Crippen molar-refractivity contribution in [1.29, 1.82) is 0 Å². The number of nitrogens with one attached hydrogen (secondary N) is 1. The van der Waals surface area contributed by atoms with Gasteiger partial charge in [0.05, 0.1) is 17.6 Å². The molecule has 1 saturated carbocycles. The van der Waals surface area contributed by atoms with Crippen LogP contribution in [0.3, 0.4) is 0 Å². The molecule has 0 atom stereocenters. The fraction of sp³-hybridized carbons (Fsp3) is 0.467. The number of para-hydroxylation sites is 2. The van der Waals surface area contributed by atoms with Crippen LogP contribution in [0.2, 0.25) is 0 Å². The van der Waals surface area contributed by atoms with Crippen molar-refractivity contribution in [2.75, 3.05) is 0 Å². The first-order valence-electron chi connectivity index (χ1n) is 6.90. The largest absolute Gasteiger partial charge is 0.349 e. The van der Waals surface area contributed by atoms with Crippen molar-refractivity contribution in [3.05, 3.63) is 30.1 Å². The minimum Gasteiger partial charge on any atom is -0.349 e. The Morgan fingerprint density at radius 3 is 2.84 bits per heavy atom. The summed E-state index contributed by atoms with van der Waals surface area (Å²) in [7, 11) is 0. The van der Waals surface area contributed by atoms with E-state index in [1.165, 1.54) is 18.4 Å². The molecular weight excluding hydrogens is 238 g/mol. The van der Waals surface area contributed by atoms with Gasteiger partial charge in [-0.15, -0.1) is 0 Å². The Morgan fingerprint density at radius 1 is 1.42 bits per heavy atom. The van der Waals surface area contributed by atoms with Gasteiger partial charge in [-0.1, -0.05) is 26.0 Å². The topological polar surface area (TPSA) is 46.9 Å². The maximum atomic E-state index is 11.7. The molecule has 0 radical (unpaired) electrons. The molecule has 1 heterocycles. The number of aromatic nitrogens is 2. The number of imidazole rings is 1. The van der Waals surface area contributed by atoms with E-state index in [4.69, 9.17) is 0 Å². The monoisotopic (exact) mass is 257 g/mol. The van der Waals surface area contributed by atoms with Gasteiger partial charge in [-0.25, -0.2) is 4.98 Å². The smallest absolute Gasteiger partial charge is 0.222 e. The van der Waals surface area contributed by atoms with Gasteiger partial charge in [-0.05, 0) is 25.0 Å². The molecule has 1 N–H and O–H groups in total. The Balaban J connectivity index is 1.90. The van der Waals surface area contributed by atoms with Gasteiger partial charge >= 0.3 is 0 Å². The zero-order chi connectivity index (χ0) is 13.4. The van der Waals surface area contributed by atoms with Crippen molar-refractivity contribution in [3.8, 4) is 0 Å². The summed E-state index contributed by atoms with van der Waals surface area (Å²) in [5.74, 6) is 1.06. The van der Waals surface area contributed by atoms with Crippen LogP contribution in [0.4, 0.5) is 0 Å². The SMILES string of the molecule is CC(C)C(=O)NCc1nc2ccccc2n1C1CC1. The molecule has 100 valence electrons. The summed E-state index contributed by atoms with van der Waals surface area (Å²) in [6, 6.07) is 8.75. The Morgan fingerprint density at radius 2 is 2.16 bits per heavy atom. The molecule has 1 fully saturated rings. The second-order valence-corrected chi connectivity index (χ2v) is 5.49. The average Bonchev–Trinajstić information content (AvgIpc) is 3.16. The third kappa shape index (κ3) is 2.35. The van der Waals surface area contributed by atoms with Crippen LogP contribution >= 0.6 is 0 Å². The minimum absolute atomic E-state index is 0.0127. The third-order valence-electron chi connectivity index (χ3n) is 3.53. The van der Waals surface area contributed by atoms with Crippen molar-refractivity contribution < 1.29 is 4.79 Å². The van der Waals surface area contributed by atoms with E-state index in [2.05, 4.69) is 20.9 Å². The molecule has 0 bridgehead atoms. The second kappa shape index (κ2) is 4.68. The predicted octanol–water partition coefficient (Wildman–Crippen LogP) is 2.64. The summed E-state index contributed by atoms with van der Waals surface area (Å²) in [5, 5.41) is 2.96. The number of benzene rings is 1. The van der Waals surface area contributed by atoms with Gasteiger partial charge in [0.1, 0.15) is 5.82 Å². The summed E-state index contributed by atoms with van der Waals surface area (Å²) in [5.41, 5.74) is 2.20. The van der Waals surface area contributed by atoms with Gasteiger partial charge in [0.25, 0.3) is 0 Å². The molecule has 0 spiro atoms. The first-order valence-corrected chi connectivity index (χ1v) is 6.90. The zero-order valence-corrected chi connectivity index (χ0v) is 11.4. The highest BCUT2D eigenvalue weighted by atomic mass is 16.1. The Labute approximate surface area is 112 Å². The van der Waals surface area contributed by atoms with Crippen LogP contribution in [0.15, 0.2) is 24.3 Å². The molecule has 2 aromatic rings. The van der Waals surface area contributed by atoms with Crippen molar-refractivity contribution in [3.63, 3.8) is 0 Å². The summed E-state index contributed by atoms with van der Waals surface area (Å²) in [6.07, 6.45) is 2.43. The van der Waals surface area contributed by atoms with E-state index < -0.39 is 0 Å². The molecule has 1 aromatic carbocycles. The van der Waals surface area contributed by atoms with E-state index in [9.17, 15) is 4.79 Å². The number of fused-ring (bicyclic) bond motifs is 1. The molecule has 0 saturated heterocycles. The van der Waals surface area contributed by atoms with Crippen LogP contribution in [0.25, 0.3) is 11.0 Å². The van der Waals surface area contributed by atoms with Crippen LogP contribution < -0.4 is 5.32 Å². The quantitative estimate of drug-likeness (QED) is 0.915. The second-order valence-electron chi connectivity index (χ2n) is 5.49. The third-order valence-corrected chi connectivity index (χ3v) is 3.53. The lowest BCUT2D eigenvalue weighted by atomic mass is 10.2. The lowest BCUT2D eigenvalue weighted by molar-refractivity contribution is -0.124. The highest BCUT2D eigenvalue weighted by molar-refractivity contribution is 5.78. The predicted molar refractivity (Wildman–Crippen MR) is 74.7 cm³/mol. The van der Waals surface area contributed by atoms with E-state index >= 15 is 0 Å². The Kier molecular flexibility index (Phi) is 3.01. The molecule has 4 heteroatoms. The summed E-state index contributed by atoms with van der Waals surface area (Å²) >= 11 is 0. The molecule has 19 heavy (non-hydrogen) atoms. The number of carbonyl (C=O) groups is 1. The Hall–Kier alpha value is -1.84. The van der Waals surface area contributed by atoms with E-state index in [1.54, 1.807) is 0 Å². The van der Waals surface area contributed by atoms with Gasteiger partial charge in [0.15, 0.2) is 0 Å². The maximum absolute atomic E-state index is 11.7. The number of hydrogen-bond acceptors (Lipinski definition) is 2. The van der Waals surface area contributed by atoms with Crippen molar-refractivity contribution >= 4 is 16.9 Å². The lowest BCUT2D eigenvalue weighted by Crippen LogP contribution is -2.28. The first-order chi connectivity index (χ1) is 9.16. The van der Waals surface area contributed by atoms with E-state index in [0.29, 0.717) is 12.6 Å². The normalized spacial score (nSPS) is 15.1. The summed E-state index contributed by atoms with van der Waals surface area (Å²) < 4.78 is 2.29. The maximum Gasteiger partial charge on any atom is 0.222 e. The van der Waals surface area contributed by atoms with Gasteiger partial charge < -0.3 is 9.88 Å². The van der Waals surface area contributed by atoms with Crippen LogP contribution in [0.5, 0.6) is 0 Å². The molecular formula is C15H19N3O. The number of amides is 1. The van der Waals surface area contributed by atoms with Crippen molar-refractivity contribution in [2.24, 2.45) is 5.92 Å². The molecule has 1 aliphatic rings. The lowest BCUT2D eigenvalue weighted by Gasteiger charge is -2.10. The zero-order valence-electron chi connectivity index (χ0n) is 11.4. The van der Waals surface area contributed by atoms with Gasteiger partial charge in [-0.2, -0.15) is 0 Å². The van der Waals surface area contributed by atoms with Crippen LogP contribution in [-0.4, -0.2) is 15.5 Å². The molecule has 0 unspecified atom stereocenters. The fourth-order valence-corrected chi connectivity index (χ4v) is 2.33. The standard InChI is InChI=1S/C15H19N3O/c1-10(2)15(19)16-9-14-17-12-5-3-4-6-13(12)18(14)11-7-8-11/h3-6,10-11H,7-9H2,1-2H3,(H,16,19). The van der Waals surface area contributed by atoms with Gasteiger partial charge in [0.2, 0.25) is 5.91 Å². The summed E-state index contributed by atoms with van der Waals surface area (Å²) in [6.45, 7) is 4.32. The molecule has 3 rings (SSSR count). The molecule has 1 aliphatic carbocycles. The molecule has 1 amide bonds. The average molecular weight is 257 g/mol. The number of carbonyl (C=O) groups excluding carboxylic acids is 1. The van der Waals surface area contributed by atoms with Gasteiger partial charge in [-0.3, -0.25) is 4.79 Å². The van der Waals surface area contributed by atoms with Crippen LogP contribution in [-0.2, 0) is 11.3 Å². The minimum atomic E-state index is 0.0127. The van der Waals surface area contributed by atoms with E-state index in [0.717, 1.165) is 11.3 Å². The Bertz CT molecular complexity index is 611. The number of hydrogen-bond donors (Lipinski definition) is 1. The highest BCUT2D eigenvalue weighted by Gasteiger charge is 2.28. The van der Waals surface area contributed by atoms with Crippen molar-refractivity contribution in [2.45, 2.75) is 39.3 Å². The van der Waals surface area contributed by atoms with Crippen molar-refractivity contribution in [1.82, 2.24) is 14.9 Å². The van der Waals surface area contributed by atoms with Gasteiger partial charge in [0, 0.05) is 12.0 Å². The first kappa shape index (κ1) is 12.2. The van der Waals surface area contributed by atoms with E-state index in [1.807, 2.05) is 32.0 Å². The molecule has 0 aliphatic heterocycles.